The molecule has 1 amide bonds. The minimum absolute atomic E-state index is 0.0207. The number of hydrogen-bond donors (Lipinski definition) is 2. The summed E-state index contributed by atoms with van der Waals surface area (Å²) in [5, 5.41) is 9.85. The molecule has 1 heterocycles. The van der Waals surface area contributed by atoms with Gasteiger partial charge in [0.15, 0.2) is 5.82 Å². The van der Waals surface area contributed by atoms with Crippen LogP contribution in [0.1, 0.15) is 25.2 Å². The lowest BCUT2D eigenvalue weighted by Crippen LogP contribution is -2.35. The van der Waals surface area contributed by atoms with E-state index in [2.05, 4.69) is 20.8 Å². The Kier molecular flexibility index (Phi) is 6.29. The fourth-order valence-corrected chi connectivity index (χ4v) is 2.23. The van der Waals surface area contributed by atoms with Crippen molar-refractivity contribution in [2.24, 2.45) is 5.92 Å². The van der Waals surface area contributed by atoms with E-state index in [1.54, 1.807) is 0 Å². The number of nitrogens with zero attached hydrogens (tertiary/aromatic N) is 2. The molecule has 0 bridgehead atoms. The summed E-state index contributed by atoms with van der Waals surface area (Å²) < 4.78 is 5.22. The first-order valence-corrected chi connectivity index (χ1v) is 7.98. The average molecular weight is 316 g/mol. The minimum Gasteiger partial charge on any atom is -0.355 e. The molecule has 124 valence electrons. The maximum Gasteiger partial charge on any atom is 0.257 e. The van der Waals surface area contributed by atoms with E-state index in [1.165, 1.54) is 0 Å². The Bertz CT molecular complexity index is 622. The van der Waals surface area contributed by atoms with E-state index in [-0.39, 0.29) is 11.8 Å². The molecule has 0 aliphatic heterocycles. The predicted octanol–water partition coefficient (Wildman–Crippen LogP) is 1.81. The maximum atomic E-state index is 11.8. The van der Waals surface area contributed by atoms with Gasteiger partial charge in [-0.2, -0.15) is 4.98 Å². The maximum absolute atomic E-state index is 11.8. The molecular weight excluding hydrogens is 292 g/mol. The number of carbonyl (C=O) groups is 1. The SMILES string of the molecule is CCc1noc(-c2ccc(CCNC(=O)C(C)CNC)cc2)n1. The van der Waals surface area contributed by atoms with Crippen molar-refractivity contribution in [1.82, 2.24) is 20.8 Å². The van der Waals surface area contributed by atoms with Crippen molar-refractivity contribution < 1.29 is 9.32 Å². The molecule has 2 aromatic rings. The molecule has 1 unspecified atom stereocenters. The van der Waals surface area contributed by atoms with Gasteiger partial charge in [0.1, 0.15) is 0 Å². The number of aryl methyl sites for hydroxylation is 1. The van der Waals surface area contributed by atoms with Crippen LogP contribution < -0.4 is 10.6 Å². The first-order valence-electron chi connectivity index (χ1n) is 7.98. The van der Waals surface area contributed by atoms with Crippen LogP contribution in [0.3, 0.4) is 0 Å². The van der Waals surface area contributed by atoms with E-state index in [4.69, 9.17) is 4.52 Å². The van der Waals surface area contributed by atoms with Gasteiger partial charge in [-0.25, -0.2) is 0 Å². The summed E-state index contributed by atoms with van der Waals surface area (Å²) in [5.41, 5.74) is 2.07. The predicted molar refractivity (Wildman–Crippen MR) is 88.9 cm³/mol. The minimum atomic E-state index is -0.0207. The molecule has 0 radical (unpaired) electrons. The van der Waals surface area contributed by atoms with Crippen LogP contribution in [0.15, 0.2) is 28.8 Å². The van der Waals surface area contributed by atoms with E-state index in [9.17, 15) is 4.79 Å². The Labute approximate surface area is 136 Å². The summed E-state index contributed by atoms with van der Waals surface area (Å²) in [5.74, 6) is 1.31. The zero-order valence-electron chi connectivity index (χ0n) is 13.9. The molecular formula is C17H24N4O2. The Hall–Kier alpha value is -2.21. The van der Waals surface area contributed by atoms with Crippen LogP contribution in [-0.4, -0.2) is 36.2 Å². The molecule has 2 rings (SSSR count). The number of benzene rings is 1. The highest BCUT2D eigenvalue weighted by molar-refractivity contribution is 5.78. The topological polar surface area (TPSA) is 80.0 Å². The van der Waals surface area contributed by atoms with Crippen LogP contribution in [0.25, 0.3) is 11.5 Å². The van der Waals surface area contributed by atoms with Crippen molar-refractivity contribution in [1.29, 1.82) is 0 Å². The molecule has 0 saturated heterocycles. The van der Waals surface area contributed by atoms with Crippen molar-refractivity contribution in [2.45, 2.75) is 26.7 Å². The van der Waals surface area contributed by atoms with Crippen LogP contribution in [0.4, 0.5) is 0 Å². The quantitative estimate of drug-likeness (QED) is 0.776. The Morgan fingerprint density at radius 3 is 2.65 bits per heavy atom. The van der Waals surface area contributed by atoms with Crippen molar-refractivity contribution in [3.05, 3.63) is 35.7 Å². The molecule has 6 heteroatoms. The second kappa shape index (κ2) is 8.43. The molecule has 1 atom stereocenters. The molecule has 1 aromatic heterocycles. The lowest BCUT2D eigenvalue weighted by Gasteiger charge is -2.11. The highest BCUT2D eigenvalue weighted by atomic mass is 16.5. The number of hydrogen-bond acceptors (Lipinski definition) is 5. The third kappa shape index (κ3) is 4.89. The van der Waals surface area contributed by atoms with Crippen molar-refractivity contribution in [2.75, 3.05) is 20.1 Å². The van der Waals surface area contributed by atoms with E-state index in [0.29, 0.717) is 24.8 Å². The summed E-state index contributed by atoms with van der Waals surface area (Å²) in [4.78, 5) is 16.1. The van der Waals surface area contributed by atoms with Gasteiger partial charge in [-0.15, -0.1) is 0 Å². The molecule has 23 heavy (non-hydrogen) atoms. The summed E-state index contributed by atoms with van der Waals surface area (Å²) >= 11 is 0. The van der Waals surface area contributed by atoms with Crippen molar-refractivity contribution in [3.8, 4) is 11.5 Å². The summed E-state index contributed by atoms with van der Waals surface area (Å²) in [6.07, 6.45) is 1.55. The van der Waals surface area contributed by atoms with Crippen LogP contribution in [0.5, 0.6) is 0 Å². The number of rotatable bonds is 8. The normalized spacial score (nSPS) is 12.1. The number of nitrogens with one attached hydrogen (secondary N) is 2. The van der Waals surface area contributed by atoms with Gasteiger partial charge in [-0.1, -0.05) is 31.1 Å². The van der Waals surface area contributed by atoms with Gasteiger partial charge in [-0.05, 0) is 31.2 Å². The standard InChI is InChI=1S/C17H24N4O2/c1-4-15-20-17(23-21-15)14-7-5-13(6-8-14)9-10-19-16(22)12(2)11-18-3/h5-8,12,18H,4,9-11H2,1-3H3,(H,19,22). The van der Waals surface area contributed by atoms with Gasteiger partial charge in [0, 0.05) is 31.0 Å². The smallest absolute Gasteiger partial charge is 0.257 e. The van der Waals surface area contributed by atoms with Gasteiger partial charge in [0.2, 0.25) is 5.91 Å². The summed E-state index contributed by atoms with van der Waals surface area (Å²) in [6.45, 7) is 5.22. The van der Waals surface area contributed by atoms with Gasteiger partial charge < -0.3 is 15.2 Å². The van der Waals surface area contributed by atoms with Gasteiger partial charge in [0.05, 0.1) is 0 Å². The largest absolute Gasteiger partial charge is 0.355 e. The highest BCUT2D eigenvalue weighted by Gasteiger charge is 2.11. The van der Waals surface area contributed by atoms with Gasteiger partial charge in [-0.3, -0.25) is 4.79 Å². The highest BCUT2D eigenvalue weighted by Crippen LogP contribution is 2.18. The zero-order valence-corrected chi connectivity index (χ0v) is 13.9. The van der Waals surface area contributed by atoms with E-state index < -0.39 is 0 Å². The molecule has 0 fully saturated rings. The fraction of sp³-hybridized carbons (Fsp3) is 0.471. The van der Waals surface area contributed by atoms with E-state index in [1.807, 2.05) is 45.2 Å². The van der Waals surface area contributed by atoms with Gasteiger partial charge >= 0.3 is 0 Å². The van der Waals surface area contributed by atoms with Crippen molar-refractivity contribution >= 4 is 5.91 Å². The lowest BCUT2D eigenvalue weighted by atomic mass is 10.1. The lowest BCUT2D eigenvalue weighted by molar-refractivity contribution is -0.124. The van der Waals surface area contributed by atoms with Crippen LogP contribution in [0, 0.1) is 5.92 Å². The molecule has 0 spiro atoms. The van der Waals surface area contributed by atoms with Crippen LogP contribution in [-0.2, 0) is 17.6 Å². The zero-order chi connectivity index (χ0) is 16.7. The summed E-state index contributed by atoms with van der Waals surface area (Å²) in [7, 11) is 1.85. The van der Waals surface area contributed by atoms with Crippen LogP contribution in [0.2, 0.25) is 0 Å². The molecule has 0 saturated carbocycles. The van der Waals surface area contributed by atoms with Gasteiger partial charge in [0.25, 0.3) is 5.89 Å². The molecule has 0 aliphatic carbocycles. The van der Waals surface area contributed by atoms with Crippen molar-refractivity contribution in [3.63, 3.8) is 0 Å². The molecule has 2 N–H and O–H groups in total. The van der Waals surface area contributed by atoms with E-state index >= 15 is 0 Å². The fourth-order valence-electron chi connectivity index (χ4n) is 2.23. The number of aromatic nitrogens is 2. The first-order chi connectivity index (χ1) is 11.1. The third-order valence-corrected chi connectivity index (χ3v) is 3.66. The van der Waals surface area contributed by atoms with E-state index in [0.717, 1.165) is 24.0 Å². The second-order valence-corrected chi connectivity index (χ2v) is 5.57. The molecule has 1 aromatic carbocycles. The third-order valence-electron chi connectivity index (χ3n) is 3.66. The average Bonchev–Trinajstić information content (AvgIpc) is 3.04. The second-order valence-electron chi connectivity index (χ2n) is 5.57. The Morgan fingerprint density at radius 1 is 1.30 bits per heavy atom. The Balaban J connectivity index is 1.84. The monoisotopic (exact) mass is 316 g/mol. The number of carbonyl (C=O) groups excluding carboxylic acids is 1. The molecule has 0 aliphatic rings. The Morgan fingerprint density at radius 2 is 2.04 bits per heavy atom. The summed E-state index contributed by atoms with van der Waals surface area (Å²) in [6, 6.07) is 7.98. The van der Waals surface area contributed by atoms with Crippen LogP contribution >= 0.6 is 0 Å². The first kappa shape index (κ1) is 17.1. The molecule has 6 nitrogen and oxygen atoms in total. The number of amides is 1.